The van der Waals surface area contributed by atoms with Gasteiger partial charge in [-0.1, -0.05) is 29.3 Å². The predicted molar refractivity (Wildman–Crippen MR) is 72.6 cm³/mol. The van der Waals surface area contributed by atoms with Gasteiger partial charge >= 0.3 is 5.97 Å². The molecule has 0 fully saturated rings. The first-order valence-electron chi connectivity index (χ1n) is 5.27. The van der Waals surface area contributed by atoms with Crippen LogP contribution in [0.2, 0.25) is 10.0 Å². The quantitative estimate of drug-likeness (QED) is 0.619. The Balaban J connectivity index is 2.21. The molecule has 0 saturated carbocycles. The molecular formula is C14H7Cl2NO2. The Bertz CT molecular complexity index is 677. The highest BCUT2D eigenvalue weighted by molar-refractivity contribution is 6.42. The minimum absolute atomic E-state index is 0.293. The Kier molecular flexibility index (Phi) is 4.06. The Labute approximate surface area is 119 Å². The molecule has 2 rings (SSSR count). The largest absolute Gasteiger partial charge is 0.423 e. The first kappa shape index (κ1) is 13.4. The summed E-state index contributed by atoms with van der Waals surface area (Å²) in [6.07, 6.45) is 0. The Morgan fingerprint density at radius 2 is 1.89 bits per heavy atom. The van der Waals surface area contributed by atoms with Crippen LogP contribution in [0.3, 0.4) is 0 Å². The van der Waals surface area contributed by atoms with Crippen LogP contribution in [-0.4, -0.2) is 5.97 Å². The number of halogens is 2. The molecule has 0 aliphatic carbocycles. The van der Waals surface area contributed by atoms with E-state index in [9.17, 15) is 4.79 Å². The third kappa shape index (κ3) is 3.25. The van der Waals surface area contributed by atoms with Crippen LogP contribution in [0.15, 0.2) is 42.5 Å². The van der Waals surface area contributed by atoms with Crippen molar-refractivity contribution >= 4 is 29.2 Å². The molecule has 0 aromatic heterocycles. The van der Waals surface area contributed by atoms with Gasteiger partial charge in [-0.2, -0.15) is 5.26 Å². The highest BCUT2D eigenvalue weighted by Gasteiger charge is 2.10. The molecule has 0 N–H and O–H groups in total. The molecule has 5 heteroatoms. The van der Waals surface area contributed by atoms with E-state index in [1.54, 1.807) is 24.3 Å². The number of ether oxygens (including phenoxy) is 1. The second-order valence-electron chi connectivity index (χ2n) is 3.66. The maximum atomic E-state index is 11.9. The third-order valence-corrected chi connectivity index (χ3v) is 3.07. The summed E-state index contributed by atoms with van der Waals surface area (Å²) in [5.41, 5.74) is 0.689. The summed E-state index contributed by atoms with van der Waals surface area (Å²) in [4.78, 5) is 11.9. The molecule has 0 amide bonds. The minimum atomic E-state index is -0.560. The van der Waals surface area contributed by atoms with Crippen LogP contribution in [-0.2, 0) is 0 Å². The van der Waals surface area contributed by atoms with Crippen molar-refractivity contribution in [3.63, 3.8) is 0 Å². The molecule has 3 nitrogen and oxygen atoms in total. The summed E-state index contributed by atoms with van der Waals surface area (Å²) in [6, 6.07) is 12.7. The van der Waals surface area contributed by atoms with Crippen LogP contribution in [0.5, 0.6) is 5.75 Å². The van der Waals surface area contributed by atoms with E-state index in [0.29, 0.717) is 26.9 Å². The lowest BCUT2D eigenvalue weighted by molar-refractivity contribution is 0.0735. The molecule has 0 spiro atoms. The van der Waals surface area contributed by atoms with Gasteiger partial charge in [-0.05, 0) is 30.3 Å². The van der Waals surface area contributed by atoms with E-state index in [2.05, 4.69) is 0 Å². The third-order valence-electron chi connectivity index (χ3n) is 2.33. The summed E-state index contributed by atoms with van der Waals surface area (Å²) in [7, 11) is 0. The summed E-state index contributed by atoms with van der Waals surface area (Å²) >= 11 is 11.6. The number of esters is 1. The molecule has 0 unspecified atom stereocenters. The van der Waals surface area contributed by atoms with Crippen LogP contribution in [0.1, 0.15) is 15.9 Å². The topological polar surface area (TPSA) is 50.1 Å². The van der Waals surface area contributed by atoms with Crippen molar-refractivity contribution in [2.75, 3.05) is 0 Å². The fraction of sp³-hybridized carbons (Fsp3) is 0. The van der Waals surface area contributed by atoms with E-state index in [1.807, 2.05) is 6.07 Å². The van der Waals surface area contributed by atoms with Gasteiger partial charge in [0.2, 0.25) is 0 Å². The van der Waals surface area contributed by atoms with Crippen LogP contribution in [0, 0.1) is 11.3 Å². The molecule has 0 aliphatic rings. The standard InChI is InChI=1S/C14H7Cl2NO2/c15-12-5-4-11(7-13(12)16)19-14(18)10-3-1-2-9(6-10)8-17/h1-7H. The van der Waals surface area contributed by atoms with Crippen molar-refractivity contribution in [3.8, 4) is 11.8 Å². The van der Waals surface area contributed by atoms with E-state index in [-0.39, 0.29) is 0 Å². The molecular weight excluding hydrogens is 285 g/mol. The maximum Gasteiger partial charge on any atom is 0.343 e. The van der Waals surface area contributed by atoms with Crippen molar-refractivity contribution in [2.24, 2.45) is 0 Å². The van der Waals surface area contributed by atoms with Gasteiger partial charge in [-0.25, -0.2) is 4.79 Å². The van der Waals surface area contributed by atoms with Crippen LogP contribution < -0.4 is 4.74 Å². The van der Waals surface area contributed by atoms with Gasteiger partial charge in [-0.15, -0.1) is 0 Å². The van der Waals surface area contributed by atoms with E-state index in [0.717, 1.165) is 0 Å². The average molecular weight is 292 g/mol. The first-order chi connectivity index (χ1) is 9.10. The highest BCUT2D eigenvalue weighted by atomic mass is 35.5. The Hall–Kier alpha value is -2.02. The van der Waals surface area contributed by atoms with Crippen molar-refractivity contribution in [2.45, 2.75) is 0 Å². The van der Waals surface area contributed by atoms with Crippen LogP contribution >= 0.6 is 23.2 Å². The molecule has 2 aromatic carbocycles. The van der Waals surface area contributed by atoms with Gasteiger partial charge in [0.25, 0.3) is 0 Å². The van der Waals surface area contributed by atoms with Crippen LogP contribution in [0.25, 0.3) is 0 Å². The molecule has 0 heterocycles. The Morgan fingerprint density at radius 1 is 1.11 bits per heavy atom. The molecule has 0 saturated heterocycles. The number of nitriles is 1. The number of benzene rings is 2. The molecule has 94 valence electrons. The molecule has 0 aliphatic heterocycles. The van der Waals surface area contributed by atoms with Crippen molar-refractivity contribution in [1.82, 2.24) is 0 Å². The molecule has 0 radical (unpaired) electrons. The predicted octanol–water partition coefficient (Wildman–Crippen LogP) is 4.08. The lowest BCUT2D eigenvalue weighted by atomic mass is 10.1. The fourth-order valence-electron chi connectivity index (χ4n) is 1.42. The van der Waals surface area contributed by atoms with E-state index in [1.165, 1.54) is 18.2 Å². The monoisotopic (exact) mass is 291 g/mol. The number of hydrogen-bond donors (Lipinski definition) is 0. The smallest absolute Gasteiger partial charge is 0.343 e. The van der Waals surface area contributed by atoms with Gasteiger partial charge in [0.15, 0.2) is 0 Å². The second-order valence-corrected chi connectivity index (χ2v) is 4.47. The minimum Gasteiger partial charge on any atom is -0.423 e. The lowest BCUT2D eigenvalue weighted by Crippen LogP contribution is -2.08. The van der Waals surface area contributed by atoms with Gasteiger partial charge in [0.05, 0.1) is 27.2 Å². The number of carbonyl (C=O) groups excluding carboxylic acids is 1. The lowest BCUT2D eigenvalue weighted by Gasteiger charge is -2.05. The molecule has 19 heavy (non-hydrogen) atoms. The zero-order chi connectivity index (χ0) is 13.8. The zero-order valence-electron chi connectivity index (χ0n) is 9.56. The van der Waals surface area contributed by atoms with E-state index >= 15 is 0 Å². The van der Waals surface area contributed by atoms with Crippen molar-refractivity contribution in [1.29, 1.82) is 5.26 Å². The fourth-order valence-corrected chi connectivity index (χ4v) is 1.71. The van der Waals surface area contributed by atoms with Gasteiger partial charge in [0.1, 0.15) is 5.75 Å². The second kappa shape index (κ2) is 5.75. The van der Waals surface area contributed by atoms with Gasteiger partial charge in [-0.3, -0.25) is 0 Å². The van der Waals surface area contributed by atoms with Gasteiger partial charge < -0.3 is 4.74 Å². The van der Waals surface area contributed by atoms with Crippen LogP contribution in [0.4, 0.5) is 0 Å². The van der Waals surface area contributed by atoms with Crippen molar-refractivity contribution < 1.29 is 9.53 Å². The number of rotatable bonds is 2. The number of hydrogen-bond acceptors (Lipinski definition) is 3. The summed E-state index contributed by atoms with van der Waals surface area (Å²) < 4.78 is 5.14. The average Bonchev–Trinajstić information content (AvgIpc) is 2.43. The molecule has 2 aromatic rings. The highest BCUT2D eigenvalue weighted by Crippen LogP contribution is 2.26. The number of nitrogens with zero attached hydrogens (tertiary/aromatic N) is 1. The van der Waals surface area contributed by atoms with Crippen molar-refractivity contribution in [3.05, 3.63) is 63.6 Å². The Morgan fingerprint density at radius 3 is 2.58 bits per heavy atom. The number of carbonyl (C=O) groups is 1. The molecule has 0 atom stereocenters. The summed E-state index contributed by atoms with van der Waals surface area (Å²) in [5, 5.41) is 9.45. The summed E-state index contributed by atoms with van der Waals surface area (Å²) in [6.45, 7) is 0. The van der Waals surface area contributed by atoms with Gasteiger partial charge in [0, 0.05) is 6.07 Å². The summed E-state index contributed by atoms with van der Waals surface area (Å²) in [5.74, 6) is -0.266. The van der Waals surface area contributed by atoms with E-state index < -0.39 is 5.97 Å². The zero-order valence-corrected chi connectivity index (χ0v) is 11.1. The van der Waals surface area contributed by atoms with E-state index in [4.69, 9.17) is 33.2 Å². The normalized spacial score (nSPS) is 9.74. The molecule has 0 bridgehead atoms. The first-order valence-corrected chi connectivity index (χ1v) is 6.03. The SMILES string of the molecule is N#Cc1cccc(C(=O)Oc2ccc(Cl)c(Cl)c2)c1. The maximum absolute atomic E-state index is 11.9.